The summed E-state index contributed by atoms with van der Waals surface area (Å²) in [6.07, 6.45) is 1.72. The highest BCUT2D eigenvalue weighted by Crippen LogP contribution is 2.27. The molecule has 0 saturated carbocycles. The maximum absolute atomic E-state index is 12.9. The summed E-state index contributed by atoms with van der Waals surface area (Å²) < 4.78 is 0. The van der Waals surface area contributed by atoms with Gasteiger partial charge >= 0.3 is 0 Å². The highest BCUT2D eigenvalue weighted by atomic mass is 16.1. The Kier molecular flexibility index (Phi) is 4.48. The first kappa shape index (κ1) is 15.0. The maximum atomic E-state index is 12.9. The van der Waals surface area contributed by atoms with Gasteiger partial charge < -0.3 is 5.32 Å². The van der Waals surface area contributed by atoms with Crippen molar-refractivity contribution in [1.82, 2.24) is 4.98 Å². The molecule has 3 nitrogen and oxygen atoms in total. The van der Waals surface area contributed by atoms with Crippen molar-refractivity contribution in [2.75, 3.05) is 5.32 Å². The number of carbonyl (C=O) groups excluding carboxylic acids is 1. The number of para-hydroxylation sites is 1. The van der Waals surface area contributed by atoms with Crippen molar-refractivity contribution >= 4 is 11.6 Å². The fourth-order valence-electron chi connectivity index (χ4n) is 2.63. The van der Waals surface area contributed by atoms with Crippen molar-refractivity contribution in [3.8, 4) is 0 Å². The zero-order valence-electron chi connectivity index (χ0n) is 12.9. The number of aryl methyl sites for hydroxylation is 1. The van der Waals surface area contributed by atoms with E-state index >= 15 is 0 Å². The van der Waals surface area contributed by atoms with Crippen molar-refractivity contribution in [3.63, 3.8) is 0 Å². The van der Waals surface area contributed by atoms with Crippen molar-refractivity contribution in [1.29, 1.82) is 0 Å². The highest BCUT2D eigenvalue weighted by molar-refractivity contribution is 5.98. The summed E-state index contributed by atoms with van der Waals surface area (Å²) in [5.41, 5.74) is 3.58. The van der Waals surface area contributed by atoms with Crippen LogP contribution in [0.3, 0.4) is 0 Å². The lowest BCUT2D eigenvalue weighted by atomic mass is 9.90. The number of nitrogens with one attached hydrogen (secondary N) is 1. The number of aromatic nitrogens is 1. The van der Waals surface area contributed by atoms with Gasteiger partial charge in [-0.05, 0) is 42.3 Å². The first-order chi connectivity index (χ1) is 11.3. The average molecular weight is 302 g/mol. The molecule has 3 heteroatoms. The van der Waals surface area contributed by atoms with Crippen LogP contribution in [0.4, 0.5) is 5.69 Å². The molecule has 0 bridgehead atoms. The van der Waals surface area contributed by atoms with Gasteiger partial charge in [-0.2, -0.15) is 0 Å². The topological polar surface area (TPSA) is 42.0 Å². The molecule has 1 amide bonds. The molecular formula is C20H18N2O. The average Bonchev–Trinajstić information content (AvgIpc) is 2.59. The number of hydrogen-bond acceptors (Lipinski definition) is 2. The lowest BCUT2D eigenvalue weighted by Crippen LogP contribution is -2.23. The summed E-state index contributed by atoms with van der Waals surface area (Å²) in [6.45, 7) is 2.01. The molecular weight excluding hydrogens is 284 g/mol. The molecule has 0 saturated heterocycles. The number of rotatable bonds is 4. The Morgan fingerprint density at radius 3 is 2.30 bits per heavy atom. The molecule has 0 aliphatic heterocycles. The van der Waals surface area contributed by atoms with Crippen LogP contribution in [0.2, 0.25) is 0 Å². The molecule has 0 spiro atoms. The molecule has 1 aromatic heterocycles. The van der Waals surface area contributed by atoms with Crippen LogP contribution in [0.15, 0.2) is 79.0 Å². The first-order valence-corrected chi connectivity index (χ1v) is 7.58. The second-order valence-electron chi connectivity index (χ2n) is 5.40. The van der Waals surface area contributed by atoms with Gasteiger partial charge in [0.25, 0.3) is 0 Å². The Morgan fingerprint density at radius 1 is 0.913 bits per heavy atom. The Labute approximate surface area is 136 Å². The molecule has 0 aliphatic carbocycles. The Balaban J connectivity index is 1.99. The molecule has 1 unspecified atom stereocenters. The molecule has 0 radical (unpaired) electrons. The van der Waals surface area contributed by atoms with E-state index in [1.807, 2.05) is 79.7 Å². The molecule has 1 heterocycles. The van der Waals surface area contributed by atoms with Crippen LogP contribution in [0, 0.1) is 6.92 Å². The van der Waals surface area contributed by atoms with Crippen molar-refractivity contribution in [2.45, 2.75) is 12.8 Å². The zero-order chi connectivity index (χ0) is 16.1. The van der Waals surface area contributed by atoms with E-state index in [2.05, 4.69) is 10.3 Å². The minimum absolute atomic E-state index is 0.0794. The van der Waals surface area contributed by atoms with Crippen LogP contribution in [0.5, 0.6) is 0 Å². The molecule has 1 N–H and O–H groups in total. The quantitative estimate of drug-likeness (QED) is 0.786. The largest absolute Gasteiger partial charge is 0.325 e. The zero-order valence-corrected chi connectivity index (χ0v) is 12.9. The predicted molar refractivity (Wildman–Crippen MR) is 92.3 cm³/mol. The minimum Gasteiger partial charge on any atom is -0.325 e. The van der Waals surface area contributed by atoms with Crippen molar-refractivity contribution < 1.29 is 4.79 Å². The lowest BCUT2D eigenvalue weighted by molar-refractivity contribution is -0.116. The van der Waals surface area contributed by atoms with Gasteiger partial charge in [0.1, 0.15) is 5.92 Å². The van der Waals surface area contributed by atoms with Crippen LogP contribution in [-0.4, -0.2) is 10.9 Å². The third-order valence-electron chi connectivity index (χ3n) is 3.79. The van der Waals surface area contributed by atoms with Crippen molar-refractivity contribution in [2.24, 2.45) is 0 Å². The molecule has 2 aromatic carbocycles. The van der Waals surface area contributed by atoms with E-state index in [4.69, 9.17) is 0 Å². The Morgan fingerprint density at radius 2 is 1.61 bits per heavy atom. The number of amides is 1. The second-order valence-corrected chi connectivity index (χ2v) is 5.40. The molecule has 0 aliphatic rings. The van der Waals surface area contributed by atoms with Gasteiger partial charge in [-0.25, -0.2) is 0 Å². The predicted octanol–water partition coefficient (Wildman–Crippen LogP) is 4.16. The van der Waals surface area contributed by atoms with Gasteiger partial charge in [0.15, 0.2) is 0 Å². The summed E-state index contributed by atoms with van der Waals surface area (Å²) in [4.78, 5) is 17.3. The standard InChI is InChI=1S/C20H18N2O/c1-15-9-5-6-12-17(15)19(18-13-7-8-14-21-18)20(23)22-16-10-3-2-4-11-16/h2-14,19H,1H3,(H,22,23). The normalized spacial score (nSPS) is 11.7. The number of pyridine rings is 1. The molecule has 3 aromatic rings. The molecule has 3 rings (SSSR count). The van der Waals surface area contributed by atoms with E-state index in [9.17, 15) is 4.79 Å². The van der Waals surface area contributed by atoms with Gasteiger partial charge in [0, 0.05) is 11.9 Å². The van der Waals surface area contributed by atoms with Crippen LogP contribution in [-0.2, 0) is 4.79 Å². The lowest BCUT2D eigenvalue weighted by Gasteiger charge is -2.18. The molecule has 0 fully saturated rings. The summed E-state index contributed by atoms with van der Waals surface area (Å²) in [5, 5.41) is 2.99. The van der Waals surface area contributed by atoms with E-state index in [1.165, 1.54) is 0 Å². The monoisotopic (exact) mass is 302 g/mol. The first-order valence-electron chi connectivity index (χ1n) is 7.58. The number of nitrogens with zero attached hydrogens (tertiary/aromatic N) is 1. The van der Waals surface area contributed by atoms with Crippen molar-refractivity contribution in [3.05, 3.63) is 95.8 Å². The third kappa shape index (κ3) is 3.46. The van der Waals surface area contributed by atoms with Crippen LogP contribution >= 0.6 is 0 Å². The second kappa shape index (κ2) is 6.88. The van der Waals surface area contributed by atoms with Crippen LogP contribution in [0.25, 0.3) is 0 Å². The van der Waals surface area contributed by atoms with E-state index < -0.39 is 5.92 Å². The van der Waals surface area contributed by atoms with E-state index in [0.29, 0.717) is 0 Å². The van der Waals surface area contributed by atoms with Gasteiger partial charge in [0.2, 0.25) is 5.91 Å². The molecule has 1 atom stereocenters. The highest BCUT2D eigenvalue weighted by Gasteiger charge is 2.25. The fraction of sp³-hybridized carbons (Fsp3) is 0.100. The number of benzene rings is 2. The SMILES string of the molecule is Cc1ccccc1C(C(=O)Nc1ccccc1)c1ccccn1. The Bertz CT molecular complexity index is 785. The number of carbonyl (C=O) groups is 1. The van der Waals surface area contributed by atoms with Gasteiger partial charge in [-0.3, -0.25) is 9.78 Å². The smallest absolute Gasteiger partial charge is 0.238 e. The third-order valence-corrected chi connectivity index (χ3v) is 3.79. The molecule has 114 valence electrons. The summed E-state index contributed by atoms with van der Waals surface area (Å²) in [6, 6.07) is 23.1. The van der Waals surface area contributed by atoms with Crippen LogP contribution < -0.4 is 5.32 Å². The summed E-state index contributed by atoms with van der Waals surface area (Å²) in [7, 11) is 0. The van der Waals surface area contributed by atoms with E-state index in [0.717, 1.165) is 22.5 Å². The van der Waals surface area contributed by atoms with Gasteiger partial charge in [-0.15, -0.1) is 0 Å². The van der Waals surface area contributed by atoms with Crippen LogP contribution in [0.1, 0.15) is 22.7 Å². The summed E-state index contributed by atoms with van der Waals surface area (Å²) in [5.74, 6) is -0.512. The van der Waals surface area contributed by atoms with E-state index in [-0.39, 0.29) is 5.91 Å². The minimum atomic E-state index is -0.433. The number of hydrogen-bond donors (Lipinski definition) is 1. The van der Waals surface area contributed by atoms with Gasteiger partial charge in [0.05, 0.1) is 5.69 Å². The van der Waals surface area contributed by atoms with Gasteiger partial charge in [-0.1, -0.05) is 48.5 Å². The number of anilines is 1. The van der Waals surface area contributed by atoms with E-state index in [1.54, 1.807) is 6.20 Å². The molecule has 23 heavy (non-hydrogen) atoms. The maximum Gasteiger partial charge on any atom is 0.238 e. The summed E-state index contributed by atoms with van der Waals surface area (Å²) >= 11 is 0. The fourth-order valence-corrected chi connectivity index (χ4v) is 2.63. The Hall–Kier alpha value is -2.94.